The second-order valence-electron chi connectivity index (χ2n) is 4.92. The number of benzene rings is 1. The van der Waals surface area contributed by atoms with Crippen molar-refractivity contribution in [1.82, 2.24) is 5.32 Å². The predicted molar refractivity (Wildman–Crippen MR) is 78.8 cm³/mol. The van der Waals surface area contributed by atoms with E-state index in [-0.39, 0.29) is 12.6 Å². The number of anilines is 1. The summed E-state index contributed by atoms with van der Waals surface area (Å²) in [6.07, 6.45) is 1.54. The number of fused-ring (bicyclic) bond motifs is 1. The Morgan fingerprint density at radius 2 is 1.90 bits per heavy atom. The van der Waals surface area contributed by atoms with E-state index in [4.69, 9.17) is 0 Å². The van der Waals surface area contributed by atoms with Crippen LogP contribution < -0.4 is 9.62 Å². The third kappa shape index (κ3) is 3.13. The number of nitrogens with one attached hydrogen (secondary N) is 1. The third-order valence-electron chi connectivity index (χ3n) is 3.25. The molecule has 8 heteroatoms. The van der Waals surface area contributed by atoms with Crippen LogP contribution in [0.3, 0.4) is 0 Å². The second-order valence-corrected chi connectivity index (χ2v) is 9.32. The minimum Gasteiger partial charge on any atom is -0.313 e. The van der Waals surface area contributed by atoms with Crippen LogP contribution in [-0.4, -0.2) is 41.8 Å². The highest BCUT2D eigenvalue weighted by atomic mass is 32.3. The van der Waals surface area contributed by atoms with Gasteiger partial charge in [-0.2, -0.15) is 0 Å². The maximum Gasteiger partial charge on any atom is 0.249 e. The van der Waals surface area contributed by atoms with Crippen LogP contribution in [-0.2, 0) is 19.9 Å². The molecule has 0 radical (unpaired) electrons. The van der Waals surface area contributed by atoms with Crippen molar-refractivity contribution in [3.8, 4) is 0 Å². The molecule has 1 aliphatic rings. The molecule has 1 aromatic rings. The molecule has 1 aliphatic heterocycles. The summed E-state index contributed by atoms with van der Waals surface area (Å²) in [6, 6.07) is 7.24. The molecule has 0 spiro atoms. The Morgan fingerprint density at radius 1 is 1.25 bits per heavy atom. The zero-order chi connectivity index (χ0) is 15.0. The minimum absolute atomic E-state index is 0.0795. The van der Waals surface area contributed by atoms with Crippen molar-refractivity contribution < 1.29 is 16.8 Å². The van der Waals surface area contributed by atoms with Gasteiger partial charge in [0.25, 0.3) is 0 Å². The largest absolute Gasteiger partial charge is 0.313 e. The summed E-state index contributed by atoms with van der Waals surface area (Å²) in [4.78, 5) is 0. The zero-order valence-corrected chi connectivity index (χ0v) is 13.0. The molecule has 0 aliphatic carbocycles. The van der Waals surface area contributed by atoms with Gasteiger partial charge in [0.05, 0.1) is 5.69 Å². The van der Waals surface area contributed by atoms with Crippen molar-refractivity contribution >= 4 is 25.5 Å². The van der Waals surface area contributed by atoms with Gasteiger partial charge in [0.15, 0.2) is 14.9 Å². The van der Waals surface area contributed by atoms with Crippen molar-refractivity contribution in [1.29, 1.82) is 0 Å². The summed E-state index contributed by atoms with van der Waals surface area (Å²) in [7, 11) is -5.64. The molecule has 20 heavy (non-hydrogen) atoms. The lowest BCUT2D eigenvalue weighted by Gasteiger charge is -2.34. The second kappa shape index (κ2) is 5.34. The molecule has 1 N–H and O–H groups in total. The van der Waals surface area contributed by atoms with Gasteiger partial charge in [0, 0.05) is 18.8 Å². The first-order chi connectivity index (χ1) is 9.24. The first-order valence-corrected chi connectivity index (χ1v) is 9.86. The number of hydrogen-bond acceptors (Lipinski definition) is 5. The number of para-hydroxylation sites is 1. The Kier molecular flexibility index (Phi) is 4.08. The summed E-state index contributed by atoms with van der Waals surface area (Å²) < 4.78 is 48.4. The molecule has 0 saturated heterocycles. The summed E-state index contributed by atoms with van der Waals surface area (Å²) in [6.45, 7) is 0.278. The maximum atomic E-state index is 12.3. The molecule has 0 bridgehead atoms. The van der Waals surface area contributed by atoms with Crippen LogP contribution >= 0.6 is 0 Å². The lowest BCUT2D eigenvalue weighted by atomic mass is 9.98. The standard InChI is InChI=1S/C12H18N2O4S2/c1-13-11-7-8-14(12-6-4-3-5-10(11)12)20(17,18)9-19(2,15)16/h3-6,11,13H,7-9H2,1-2H3. The average molecular weight is 318 g/mol. The van der Waals surface area contributed by atoms with Crippen molar-refractivity contribution in [3.05, 3.63) is 29.8 Å². The van der Waals surface area contributed by atoms with Gasteiger partial charge in [-0.3, -0.25) is 4.31 Å². The predicted octanol–water partition coefficient (Wildman–Crippen LogP) is 0.489. The fourth-order valence-corrected chi connectivity index (χ4v) is 5.98. The zero-order valence-electron chi connectivity index (χ0n) is 11.4. The summed E-state index contributed by atoms with van der Waals surface area (Å²) in [5.74, 6) is 0. The first-order valence-electron chi connectivity index (χ1n) is 6.19. The number of nitrogens with zero attached hydrogens (tertiary/aromatic N) is 1. The van der Waals surface area contributed by atoms with E-state index in [1.165, 1.54) is 4.31 Å². The van der Waals surface area contributed by atoms with Gasteiger partial charge in [-0.1, -0.05) is 18.2 Å². The molecule has 1 heterocycles. The van der Waals surface area contributed by atoms with Crippen molar-refractivity contribution in [2.24, 2.45) is 0 Å². The molecular formula is C12H18N2O4S2. The minimum atomic E-state index is -3.87. The van der Waals surface area contributed by atoms with Crippen LogP contribution in [0.1, 0.15) is 18.0 Å². The molecule has 6 nitrogen and oxygen atoms in total. The topological polar surface area (TPSA) is 83.6 Å². The summed E-state index contributed by atoms with van der Waals surface area (Å²) in [5, 5.41) is 2.28. The number of rotatable bonds is 4. The average Bonchev–Trinajstić information content (AvgIpc) is 2.34. The third-order valence-corrected chi connectivity index (χ3v) is 7.20. The number of hydrogen-bond donors (Lipinski definition) is 1. The van der Waals surface area contributed by atoms with Gasteiger partial charge in [0.2, 0.25) is 10.0 Å². The monoisotopic (exact) mass is 318 g/mol. The van der Waals surface area contributed by atoms with Crippen molar-refractivity contribution in [3.63, 3.8) is 0 Å². The van der Waals surface area contributed by atoms with E-state index in [1.54, 1.807) is 12.1 Å². The SMILES string of the molecule is CNC1CCN(S(=O)(=O)CS(C)(=O)=O)c2ccccc21. The Morgan fingerprint density at radius 3 is 2.50 bits per heavy atom. The smallest absolute Gasteiger partial charge is 0.249 e. The molecule has 112 valence electrons. The Hall–Kier alpha value is -1.12. The van der Waals surface area contributed by atoms with Crippen LogP contribution in [0.2, 0.25) is 0 Å². The van der Waals surface area contributed by atoms with E-state index in [0.29, 0.717) is 12.1 Å². The van der Waals surface area contributed by atoms with E-state index in [0.717, 1.165) is 11.8 Å². The molecule has 1 unspecified atom stereocenters. The highest BCUT2D eigenvalue weighted by Crippen LogP contribution is 2.35. The van der Waals surface area contributed by atoms with Crippen LogP contribution in [0, 0.1) is 0 Å². The van der Waals surface area contributed by atoms with E-state index in [9.17, 15) is 16.8 Å². The van der Waals surface area contributed by atoms with Crippen LogP contribution in [0.4, 0.5) is 5.69 Å². The number of sulfone groups is 1. The molecule has 0 aromatic heterocycles. The van der Waals surface area contributed by atoms with E-state index >= 15 is 0 Å². The van der Waals surface area contributed by atoms with Gasteiger partial charge in [-0.25, -0.2) is 16.8 Å². The lowest BCUT2D eigenvalue weighted by Crippen LogP contribution is -2.41. The van der Waals surface area contributed by atoms with Gasteiger partial charge >= 0.3 is 0 Å². The fourth-order valence-electron chi connectivity index (χ4n) is 2.45. The van der Waals surface area contributed by atoms with Gasteiger partial charge in [-0.05, 0) is 25.1 Å². The van der Waals surface area contributed by atoms with Gasteiger partial charge in [-0.15, -0.1) is 0 Å². The van der Waals surface area contributed by atoms with Crippen molar-refractivity contribution in [2.75, 3.05) is 29.2 Å². The Bertz CT molecular complexity index is 698. The van der Waals surface area contributed by atoms with E-state index in [1.807, 2.05) is 19.2 Å². The Balaban J connectivity index is 2.45. The molecule has 2 rings (SSSR count). The maximum absolute atomic E-state index is 12.3. The summed E-state index contributed by atoms with van der Waals surface area (Å²) in [5.41, 5.74) is 1.43. The summed E-state index contributed by atoms with van der Waals surface area (Å²) >= 11 is 0. The first kappa shape index (κ1) is 15.3. The number of sulfonamides is 1. The lowest BCUT2D eigenvalue weighted by molar-refractivity contribution is 0.529. The molecule has 1 aromatic carbocycles. The van der Waals surface area contributed by atoms with E-state index < -0.39 is 24.9 Å². The quantitative estimate of drug-likeness (QED) is 0.873. The molecular weight excluding hydrogens is 300 g/mol. The van der Waals surface area contributed by atoms with E-state index in [2.05, 4.69) is 5.32 Å². The molecule has 0 fully saturated rings. The Labute approximate surface area is 119 Å². The van der Waals surface area contributed by atoms with Crippen LogP contribution in [0.5, 0.6) is 0 Å². The molecule has 0 amide bonds. The highest BCUT2D eigenvalue weighted by Gasteiger charge is 2.33. The molecule has 1 atom stereocenters. The highest BCUT2D eigenvalue weighted by molar-refractivity contribution is 8.08. The van der Waals surface area contributed by atoms with Gasteiger partial charge in [0.1, 0.15) is 0 Å². The normalized spacial score (nSPS) is 19.7. The van der Waals surface area contributed by atoms with Crippen molar-refractivity contribution in [2.45, 2.75) is 12.5 Å². The van der Waals surface area contributed by atoms with Crippen LogP contribution in [0.25, 0.3) is 0 Å². The van der Waals surface area contributed by atoms with Crippen LogP contribution in [0.15, 0.2) is 24.3 Å². The van der Waals surface area contributed by atoms with Gasteiger partial charge < -0.3 is 5.32 Å². The molecule has 0 saturated carbocycles. The fraction of sp³-hybridized carbons (Fsp3) is 0.500.